The van der Waals surface area contributed by atoms with E-state index >= 15 is 0 Å². The van der Waals surface area contributed by atoms with Gasteiger partial charge in [0.15, 0.2) is 5.16 Å². The average Bonchev–Trinajstić information content (AvgIpc) is 2.35. The highest BCUT2D eigenvalue weighted by atomic mass is 32.2. The largest absolute Gasteiger partial charge is 0.389 e. The Bertz CT molecular complexity index is 754. The molecule has 0 saturated heterocycles. The van der Waals surface area contributed by atoms with E-state index in [-0.39, 0.29) is 10.7 Å². The standard InChI is InChI=1S/C12H12FN3O3S/c1-6(17)9-7(13)4-3-5-8(9)20-12-14-10(18)11(19)15-16(12)2/h3-6,17H,1-2H3,(H,15,19). The minimum absolute atomic E-state index is 0.123. The number of benzene rings is 1. The number of aromatic nitrogens is 3. The number of aryl methyl sites for hydroxylation is 1. The Hall–Kier alpha value is -1.93. The van der Waals surface area contributed by atoms with Crippen LogP contribution in [0.15, 0.2) is 37.8 Å². The number of nitrogens with one attached hydrogen (secondary N) is 1. The van der Waals surface area contributed by atoms with Gasteiger partial charge in [0, 0.05) is 17.5 Å². The second-order valence-electron chi connectivity index (χ2n) is 4.13. The van der Waals surface area contributed by atoms with Gasteiger partial charge in [0.05, 0.1) is 6.10 Å². The van der Waals surface area contributed by atoms with E-state index in [9.17, 15) is 19.1 Å². The van der Waals surface area contributed by atoms with Crippen LogP contribution in [0, 0.1) is 5.82 Å². The maximum atomic E-state index is 13.7. The van der Waals surface area contributed by atoms with Crippen LogP contribution in [0.3, 0.4) is 0 Å². The van der Waals surface area contributed by atoms with E-state index in [1.807, 2.05) is 0 Å². The van der Waals surface area contributed by atoms with Crippen LogP contribution in [0.25, 0.3) is 0 Å². The molecule has 2 N–H and O–H groups in total. The van der Waals surface area contributed by atoms with E-state index in [1.54, 1.807) is 6.07 Å². The molecule has 1 unspecified atom stereocenters. The molecule has 1 aromatic carbocycles. The zero-order valence-corrected chi connectivity index (χ0v) is 11.6. The normalized spacial score (nSPS) is 12.4. The summed E-state index contributed by atoms with van der Waals surface area (Å²) in [5, 5.41) is 12.1. The molecule has 8 heteroatoms. The summed E-state index contributed by atoms with van der Waals surface area (Å²) in [4.78, 5) is 26.4. The smallest absolute Gasteiger partial charge is 0.339 e. The van der Waals surface area contributed by atoms with Crippen molar-refractivity contribution in [1.29, 1.82) is 0 Å². The van der Waals surface area contributed by atoms with Gasteiger partial charge < -0.3 is 5.11 Å². The molecular weight excluding hydrogens is 285 g/mol. The van der Waals surface area contributed by atoms with Gasteiger partial charge >= 0.3 is 11.1 Å². The van der Waals surface area contributed by atoms with Crippen molar-refractivity contribution in [3.8, 4) is 0 Å². The predicted octanol–water partition coefficient (Wildman–Crippen LogP) is 0.812. The number of aliphatic hydroxyl groups excluding tert-OH is 1. The lowest BCUT2D eigenvalue weighted by Gasteiger charge is -2.13. The zero-order chi connectivity index (χ0) is 14.9. The van der Waals surface area contributed by atoms with E-state index in [2.05, 4.69) is 10.1 Å². The summed E-state index contributed by atoms with van der Waals surface area (Å²) in [5.74, 6) is -0.542. The first-order valence-electron chi connectivity index (χ1n) is 5.72. The molecule has 2 rings (SSSR count). The molecule has 0 aliphatic carbocycles. The van der Waals surface area contributed by atoms with Crippen molar-refractivity contribution in [2.75, 3.05) is 0 Å². The quantitative estimate of drug-likeness (QED) is 0.819. The lowest BCUT2D eigenvalue weighted by molar-refractivity contribution is 0.191. The van der Waals surface area contributed by atoms with Gasteiger partial charge in [0.25, 0.3) is 0 Å². The van der Waals surface area contributed by atoms with Gasteiger partial charge in [-0.2, -0.15) is 4.98 Å². The number of halogens is 1. The fourth-order valence-corrected chi connectivity index (χ4v) is 2.69. The molecule has 1 aromatic heterocycles. The summed E-state index contributed by atoms with van der Waals surface area (Å²) in [6.07, 6.45) is -1.00. The average molecular weight is 297 g/mol. The number of rotatable bonds is 3. The van der Waals surface area contributed by atoms with Crippen LogP contribution in [-0.4, -0.2) is 19.9 Å². The first-order chi connectivity index (χ1) is 9.40. The number of aromatic amines is 1. The number of H-pyrrole nitrogens is 1. The molecule has 0 fully saturated rings. The summed E-state index contributed by atoms with van der Waals surface area (Å²) in [6.45, 7) is 1.45. The molecular formula is C12H12FN3O3S. The van der Waals surface area contributed by atoms with Crippen molar-refractivity contribution in [2.45, 2.75) is 23.1 Å². The summed E-state index contributed by atoms with van der Waals surface area (Å²) in [7, 11) is 1.51. The summed E-state index contributed by atoms with van der Waals surface area (Å²) in [5.41, 5.74) is -1.62. The monoisotopic (exact) mass is 297 g/mol. The molecule has 0 amide bonds. The van der Waals surface area contributed by atoms with Crippen LogP contribution >= 0.6 is 11.8 Å². The third kappa shape index (κ3) is 2.81. The SMILES string of the molecule is CC(O)c1c(F)cccc1Sc1nc(=O)c(=O)[nH]n1C. The molecule has 20 heavy (non-hydrogen) atoms. The van der Waals surface area contributed by atoms with E-state index in [4.69, 9.17) is 0 Å². The third-order valence-corrected chi connectivity index (χ3v) is 3.70. The second-order valence-corrected chi connectivity index (χ2v) is 5.14. The Balaban J connectivity index is 2.51. The van der Waals surface area contributed by atoms with Crippen molar-refractivity contribution in [2.24, 2.45) is 7.05 Å². The van der Waals surface area contributed by atoms with Crippen LogP contribution in [0.4, 0.5) is 4.39 Å². The molecule has 0 bridgehead atoms. The molecule has 1 atom stereocenters. The summed E-state index contributed by atoms with van der Waals surface area (Å²) < 4.78 is 15.0. The number of aliphatic hydroxyl groups is 1. The number of nitrogens with zero attached hydrogens (tertiary/aromatic N) is 2. The van der Waals surface area contributed by atoms with E-state index in [0.29, 0.717) is 4.90 Å². The van der Waals surface area contributed by atoms with Gasteiger partial charge in [-0.25, -0.2) is 4.39 Å². The molecule has 0 aliphatic heterocycles. The maximum Gasteiger partial charge on any atom is 0.339 e. The van der Waals surface area contributed by atoms with E-state index < -0.39 is 23.0 Å². The summed E-state index contributed by atoms with van der Waals surface area (Å²) >= 11 is 0.988. The van der Waals surface area contributed by atoms with Crippen LogP contribution in [-0.2, 0) is 7.05 Å². The lowest BCUT2D eigenvalue weighted by Crippen LogP contribution is -2.33. The topological polar surface area (TPSA) is 88.0 Å². The minimum Gasteiger partial charge on any atom is -0.389 e. The lowest BCUT2D eigenvalue weighted by atomic mass is 10.1. The fraction of sp³-hybridized carbons (Fsp3) is 0.250. The van der Waals surface area contributed by atoms with Crippen molar-refractivity contribution in [3.05, 3.63) is 50.3 Å². The van der Waals surface area contributed by atoms with E-state index in [0.717, 1.165) is 11.8 Å². The summed E-state index contributed by atoms with van der Waals surface area (Å²) in [6, 6.07) is 4.34. The Morgan fingerprint density at radius 1 is 1.45 bits per heavy atom. The van der Waals surface area contributed by atoms with Crippen molar-refractivity contribution >= 4 is 11.8 Å². The highest BCUT2D eigenvalue weighted by Crippen LogP contribution is 2.32. The Morgan fingerprint density at radius 3 is 2.80 bits per heavy atom. The highest BCUT2D eigenvalue weighted by molar-refractivity contribution is 7.99. The Labute approximate surface area is 117 Å². The number of hydrogen-bond acceptors (Lipinski definition) is 5. The van der Waals surface area contributed by atoms with Crippen molar-refractivity contribution in [3.63, 3.8) is 0 Å². The third-order valence-electron chi connectivity index (χ3n) is 2.58. The van der Waals surface area contributed by atoms with Gasteiger partial charge in [-0.1, -0.05) is 6.07 Å². The Morgan fingerprint density at radius 2 is 2.15 bits per heavy atom. The molecule has 6 nitrogen and oxygen atoms in total. The Kier molecular flexibility index (Phi) is 4.05. The molecule has 0 saturated carbocycles. The second kappa shape index (κ2) is 5.59. The van der Waals surface area contributed by atoms with Crippen LogP contribution in [0.1, 0.15) is 18.6 Å². The number of hydrogen-bond donors (Lipinski definition) is 2. The first-order valence-corrected chi connectivity index (χ1v) is 6.53. The maximum absolute atomic E-state index is 13.7. The highest BCUT2D eigenvalue weighted by Gasteiger charge is 2.16. The molecule has 0 aliphatic rings. The molecule has 0 spiro atoms. The molecule has 106 valence electrons. The molecule has 0 radical (unpaired) electrons. The molecule has 2 aromatic rings. The zero-order valence-electron chi connectivity index (χ0n) is 10.8. The van der Waals surface area contributed by atoms with Crippen LogP contribution in [0.5, 0.6) is 0 Å². The fourth-order valence-electron chi connectivity index (χ4n) is 1.66. The molecule has 1 heterocycles. The predicted molar refractivity (Wildman–Crippen MR) is 71.3 cm³/mol. The first kappa shape index (κ1) is 14.5. The minimum atomic E-state index is -1.00. The van der Waals surface area contributed by atoms with Gasteiger partial charge in [0.2, 0.25) is 0 Å². The van der Waals surface area contributed by atoms with Gasteiger partial charge in [-0.3, -0.25) is 19.4 Å². The van der Waals surface area contributed by atoms with Crippen LogP contribution < -0.4 is 11.1 Å². The van der Waals surface area contributed by atoms with Crippen molar-refractivity contribution < 1.29 is 9.50 Å². The van der Waals surface area contributed by atoms with Crippen molar-refractivity contribution in [1.82, 2.24) is 14.8 Å². The van der Waals surface area contributed by atoms with Gasteiger partial charge in [-0.05, 0) is 30.8 Å². The van der Waals surface area contributed by atoms with Gasteiger partial charge in [-0.15, -0.1) is 0 Å². The van der Waals surface area contributed by atoms with Gasteiger partial charge in [0.1, 0.15) is 5.82 Å². The van der Waals surface area contributed by atoms with Crippen LogP contribution in [0.2, 0.25) is 0 Å². The van der Waals surface area contributed by atoms with E-state index in [1.165, 1.54) is 30.8 Å².